The third kappa shape index (κ3) is 3.15. The topological polar surface area (TPSA) is 62.2 Å². The van der Waals surface area contributed by atoms with Crippen molar-refractivity contribution in [3.63, 3.8) is 0 Å². The molecule has 0 spiro atoms. The van der Waals surface area contributed by atoms with E-state index in [1.807, 2.05) is 24.4 Å². The molecule has 0 unspecified atom stereocenters. The number of aliphatic hydroxyl groups is 1. The molecule has 1 aromatic carbocycles. The van der Waals surface area contributed by atoms with E-state index in [0.29, 0.717) is 11.3 Å². The van der Waals surface area contributed by atoms with Crippen molar-refractivity contribution in [3.8, 4) is 0 Å². The molecule has 5 heteroatoms. The summed E-state index contributed by atoms with van der Waals surface area (Å²) in [6.07, 6.45) is 0.254. The third-order valence-electron chi connectivity index (χ3n) is 2.47. The van der Waals surface area contributed by atoms with E-state index >= 15 is 0 Å². The molecule has 0 bridgehead atoms. The Balaban J connectivity index is 2.03. The zero-order chi connectivity index (χ0) is 13.0. The van der Waals surface area contributed by atoms with Crippen molar-refractivity contribution in [1.82, 2.24) is 4.98 Å². The van der Waals surface area contributed by atoms with Crippen LogP contribution in [0.25, 0.3) is 0 Å². The molecule has 1 amide bonds. The van der Waals surface area contributed by atoms with Gasteiger partial charge in [0.1, 0.15) is 0 Å². The number of nitrogens with one attached hydrogen (secondary N) is 1. The van der Waals surface area contributed by atoms with E-state index in [9.17, 15) is 4.79 Å². The Morgan fingerprint density at radius 3 is 2.89 bits per heavy atom. The molecule has 0 aliphatic carbocycles. The smallest absolute Gasteiger partial charge is 0.230 e. The van der Waals surface area contributed by atoms with Crippen molar-refractivity contribution in [1.29, 1.82) is 0 Å². The summed E-state index contributed by atoms with van der Waals surface area (Å²) >= 11 is 1.53. The van der Waals surface area contributed by atoms with Crippen molar-refractivity contribution in [3.05, 3.63) is 45.9 Å². The lowest BCUT2D eigenvalue weighted by molar-refractivity contribution is -0.115. The summed E-state index contributed by atoms with van der Waals surface area (Å²) < 4.78 is 0. The van der Waals surface area contributed by atoms with Gasteiger partial charge in [-0.3, -0.25) is 4.79 Å². The highest BCUT2D eigenvalue weighted by Gasteiger charge is 2.08. The fourth-order valence-electron chi connectivity index (χ4n) is 1.63. The molecule has 1 heterocycles. The number of para-hydroxylation sites is 1. The Hall–Kier alpha value is -1.72. The van der Waals surface area contributed by atoms with Crippen LogP contribution >= 0.6 is 11.3 Å². The molecule has 1 aromatic heterocycles. The summed E-state index contributed by atoms with van der Waals surface area (Å²) in [6.45, 7) is 1.82. The molecule has 0 aliphatic heterocycles. The van der Waals surface area contributed by atoms with E-state index in [-0.39, 0.29) is 18.9 Å². The van der Waals surface area contributed by atoms with Gasteiger partial charge in [0.15, 0.2) is 0 Å². The molecule has 4 nitrogen and oxygen atoms in total. The van der Waals surface area contributed by atoms with Gasteiger partial charge in [0.05, 0.1) is 23.7 Å². The lowest BCUT2D eigenvalue weighted by Gasteiger charge is -2.08. The van der Waals surface area contributed by atoms with Crippen LogP contribution in [-0.2, 0) is 17.8 Å². The molecule has 94 valence electrons. The molecule has 0 saturated heterocycles. The number of aryl methyl sites for hydroxylation is 1. The van der Waals surface area contributed by atoms with Crippen LogP contribution in [0.4, 0.5) is 5.69 Å². The third-order valence-corrected chi connectivity index (χ3v) is 3.29. The van der Waals surface area contributed by atoms with Crippen LogP contribution in [0.5, 0.6) is 0 Å². The number of amides is 1. The van der Waals surface area contributed by atoms with Gasteiger partial charge in [0.2, 0.25) is 5.91 Å². The first-order valence-electron chi connectivity index (χ1n) is 5.58. The summed E-state index contributed by atoms with van der Waals surface area (Å²) in [5.74, 6) is -0.124. The van der Waals surface area contributed by atoms with E-state index in [0.717, 1.165) is 10.7 Å². The lowest BCUT2D eigenvalue weighted by Crippen LogP contribution is -2.15. The number of rotatable bonds is 4. The first kappa shape index (κ1) is 12.7. The minimum absolute atomic E-state index is 0.0910. The maximum Gasteiger partial charge on any atom is 0.230 e. The molecule has 2 rings (SSSR count). The maximum absolute atomic E-state index is 11.8. The first-order chi connectivity index (χ1) is 8.69. The first-order valence-corrected chi connectivity index (χ1v) is 6.46. The van der Waals surface area contributed by atoms with Crippen molar-refractivity contribution in [2.24, 2.45) is 0 Å². The van der Waals surface area contributed by atoms with Gasteiger partial charge in [0.25, 0.3) is 0 Å². The second kappa shape index (κ2) is 5.75. The van der Waals surface area contributed by atoms with Crippen LogP contribution in [0.2, 0.25) is 0 Å². The SMILES string of the molecule is Cc1nc(CC(=O)Nc2ccccc2CO)cs1. The standard InChI is InChI=1S/C13H14N2O2S/c1-9-14-11(8-18-9)6-13(17)15-12-5-3-2-4-10(12)7-16/h2-5,8,16H,6-7H2,1H3,(H,15,17). The summed E-state index contributed by atoms with van der Waals surface area (Å²) in [5.41, 5.74) is 2.13. The van der Waals surface area contributed by atoms with Gasteiger partial charge in [-0.25, -0.2) is 4.98 Å². The Labute approximate surface area is 109 Å². The molecule has 0 aliphatic rings. The number of aromatic nitrogens is 1. The fraction of sp³-hybridized carbons (Fsp3) is 0.231. The molecule has 0 fully saturated rings. The molecule has 18 heavy (non-hydrogen) atoms. The predicted molar refractivity (Wildman–Crippen MR) is 71.5 cm³/mol. The van der Waals surface area contributed by atoms with Gasteiger partial charge in [-0.2, -0.15) is 0 Å². The lowest BCUT2D eigenvalue weighted by atomic mass is 10.2. The van der Waals surface area contributed by atoms with Gasteiger partial charge in [-0.15, -0.1) is 11.3 Å². The van der Waals surface area contributed by atoms with Gasteiger partial charge in [-0.05, 0) is 13.0 Å². The maximum atomic E-state index is 11.8. The predicted octanol–water partition coefficient (Wildman–Crippen LogP) is 2.13. The second-order valence-corrected chi connectivity index (χ2v) is 4.96. The highest BCUT2D eigenvalue weighted by Crippen LogP contribution is 2.15. The van der Waals surface area contributed by atoms with E-state index in [2.05, 4.69) is 10.3 Å². The largest absolute Gasteiger partial charge is 0.392 e. The number of nitrogens with zero attached hydrogens (tertiary/aromatic N) is 1. The summed E-state index contributed by atoms with van der Waals surface area (Å²) in [6, 6.07) is 7.20. The average molecular weight is 262 g/mol. The number of carbonyl (C=O) groups excluding carboxylic acids is 1. The Kier molecular flexibility index (Phi) is 4.07. The molecular formula is C13H14N2O2S. The van der Waals surface area contributed by atoms with Gasteiger partial charge < -0.3 is 10.4 Å². The van der Waals surface area contributed by atoms with Crippen LogP contribution in [0.15, 0.2) is 29.6 Å². The minimum atomic E-state index is -0.124. The molecule has 0 atom stereocenters. The van der Waals surface area contributed by atoms with Gasteiger partial charge >= 0.3 is 0 Å². The van der Waals surface area contributed by atoms with Gasteiger partial charge in [0, 0.05) is 16.6 Å². The number of hydrogen-bond acceptors (Lipinski definition) is 4. The van der Waals surface area contributed by atoms with Crippen molar-refractivity contribution in [2.45, 2.75) is 20.0 Å². The fourth-order valence-corrected chi connectivity index (χ4v) is 2.24. The zero-order valence-electron chi connectivity index (χ0n) is 10.0. The Morgan fingerprint density at radius 2 is 2.22 bits per heavy atom. The Morgan fingerprint density at radius 1 is 1.44 bits per heavy atom. The number of benzene rings is 1. The monoisotopic (exact) mass is 262 g/mol. The number of aliphatic hydroxyl groups excluding tert-OH is 1. The summed E-state index contributed by atoms with van der Waals surface area (Å²) in [4.78, 5) is 16.1. The van der Waals surface area contributed by atoms with E-state index < -0.39 is 0 Å². The molecular weight excluding hydrogens is 248 g/mol. The number of anilines is 1. The Bertz CT molecular complexity index is 551. The van der Waals surface area contributed by atoms with E-state index in [1.54, 1.807) is 12.1 Å². The average Bonchev–Trinajstić information content (AvgIpc) is 2.75. The molecule has 2 aromatic rings. The van der Waals surface area contributed by atoms with Crippen LogP contribution in [-0.4, -0.2) is 16.0 Å². The number of hydrogen-bond donors (Lipinski definition) is 2. The van der Waals surface area contributed by atoms with Crippen molar-refractivity contribution < 1.29 is 9.90 Å². The summed E-state index contributed by atoms with van der Waals surface area (Å²) in [7, 11) is 0. The quantitative estimate of drug-likeness (QED) is 0.887. The van der Waals surface area contributed by atoms with E-state index in [1.165, 1.54) is 11.3 Å². The molecule has 0 saturated carbocycles. The minimum Gasteiger partial charge on any atom is -0.392 e. The van der Waals surface area contributed by atoms with Gasteiger partial charge in [-0.1, -0.05) is 18.2 Å². The van der Waals surface area contributed by atoms with Crippen molar-refractivity contribution in [2.75, 3.05) is 5.32 Å². The normalized spacial score (nSPS) is 10.3. The van der Waals surface area contributed by atoms with Crippen LogP contribution in [0.3, 0.4) is 0 Å². The van der Waals surface area contributed by atoms with Crippen LogP contribution in [0.1, 0.15) is 16.3 Å². The van der Waals surface area contributed by atoms with Crippen molar-refractivity contribution >= 4 is 22.9 Å². The number of carbonyl (C=O) groups is 1. The highest BCUT2D eigenvalue weighted by molar-refractivity contribution is 7.09. The number of thiazole rings is 1. The molecule has 2 N–H and O–H groups in total. The summed E-state index contributed by atoms with van der Waals surface area (Å²) in [5, 5.41) is 14.8. The second-order valence-electron chi connectivity index (χ2n) is 3.90. The van der Waals surface area contributed by atoms with Crippen LogP contribution < -0.4 is 5.32 Å². The molecule has 0 radical (unpaired) electrons. The zero-order valence-corrected chi connectivity index (χ0v) is 10.8. The highest BCUT2D eigenvalue weighted by atomic mass is 32.1. The van der Waals surface area contributed by atoms with E-state index in [4.69, 9.17) is 5.11 Å². The van der Waals surface area contributed by atoms with Crippen LogP contribution in [0, 0.1) is 6.92 Å².